The Morgan fingerprint density at radius 3 is 2.54 bits per heavy atom. The Hall–Kier alpha value is -3.28. The highest BCUT2D eigenvalue weighted by Gasteiger charge is 2.23. The molecule has 0 atom stereocenters. The Morgan fingerprint density at radius 1 is 0.964 bits per heavy atom. The molecule has 2 heterocycles. The molecule has 0 unspecified atom stereocenters. The molecular formula is C22H23N3O3. The van der Waals surface area contributed by atoms with Crippen LogP contribution in [0.15, 0.2) is 60.8 Å². The van der Waals surface area contributed by atoms with Gasteiger partial charge in [-0.05, 0) is 24.3 Å². The van der Waals surface area contributed by atoms with Gasteiger partial charge in [-0.3, -0.25) is 9.78 Å². The maximum absolute atomic E-state index is 12.6. The van der Waals surface area contributed by atoms with Gasteiger partial charge in [0.25, 0.3) is 5.91 Å². The van der Waals surface area contributed by atoms with Gasteiger partial charge in [-0.25, -0.2) is 0 Å². The normalized spacial score (nSPS) is 14.2. The molecule has 28 heavy (non-hydrogen) atoms. The third-order valence-electron chi connectivity index (χ3n) is 5.01. The van der Waals surface area contributed by atoms with Crippen molar-refractivity contribution in [1.29, 1.82) is 0 Å². The van der Waals surface area contributed by atoms with Crippen molar-refractivity contribution in [3.05, 3.63) is 60.8 Å². The van der Waals surface area contributed by atoms with Gasteiger partial charge in [0.05, 0.1) is 12.8 Å². The molecule has 144 valence electrons. The Morgan fingerprint density at radius 2 is 1.71 bits per heavy atom. The van der Waals surface area contributed by atoms with E-state index >= 15 is 0 Å². The van der Waals surface area contributed by atoms with E-state index in [0.717, 1.165) is 35.4 Å². The Balaban J connectivity index is 1.35. The molecule has 6 heteroatoms. The Kier molecular flexibility index (Phi) is 5.28. The first kappa shape index (κ1) is 18.1. The van der Waals surface area contributed by atoms with Crippen LogP contribution in [-0.4, -0.2) is 55.7 Å². The number of aromatic nitrogens is 1. The van der Waals surface area contributed by atoms with E-state index in [1.165, 1.54) is 0 Å². The average molecular weight is 377 g/mol. The van der Waals surface area contributed by atoms with Crippen molar-refractivity contribution in [2.75, 3.05) is 44.8 Å². The first-order valence-corrected chi connectivity index (χ1v) is 9.38. The molecular weight excluding hydrogens is 354 g/mol. The first-order valence-electron chi connectivity index (χ1n) is 9.38. The van der Waals surface area contributed by atoms with Crippen LogP contribution in [0, 0.1) is 0 Å². The Labute approximate surface area is 164 Å². The van der Waals surface area contributed by atoms with Gasteiger partial charge >= 0.3 is 0 Å². The molecule has 1 saturated heterocycles. The summed E-state index contributed by atoms with van der Waals surface area (Å²) in [6, 6.07) is 17.6. The summed E-state index contributed by atoms with van der Waals surface area (Å²) in [5, 5.41) is 0.998. The summed E-state index contributed by atoms with van der Waals surface area (Å²) in [5.74, 6) is 1.49. The van der Waals surface area contributed by atoms with Gasteiger partial charge in [-0.15, -0.1) is 0 Å². The van der Waals surface area contributed by atoms with Gasteiger partial charge in [-0.1, -0.05) is 30.3 Å². The maximum atomic E-state index is 12.6. The number of carbonyl (C=O) groups excluding carboxylic acids is 1. The molecule has 0 bridgehead atoms. The molecule has 3 aromatic rings. The fraction of sp³-hybridized carbons (Fsp3) is 0.273. The lowest BCUT2D eigenvalue weighted by molar-refractivity contribution is -0.133. The molecule has 0 aliphatic carbocycles. The summed E-state index contributed by atoms with van der Waals surface area (Å²) in [6.07, 6.45) is 1.73. The van der Waals surface area contributed by atoms with Gasteiger partial charge in [-0.2, -0.15) is 0 Å². The van der Waals surface area contributed by atoms with Crippen LogP contribution in [0.2, 0.25) is 0 Å². The minimum absolute atomic E-state index is 0.00684. The number of nitrogens with zero attached hydrogens (tertiary/aromatic N) is 3. The largest absolute Gasteiger partial charge is 0.495 e. The number of rotatable bonds is 5. The third-order valence-corrected chi connectivity index (χ3v) is 5.01. The summed E-state index contributed by atoms with van der Waals surface area (Å²) < 4.78 is 11.2. The van der Waals surface area contributed by atoms with Crippen molar-refractivity contribution in [2.45, 2.75) is 0 Å². The number of ether oxygens (including phenoxy) is 2. The van der Waals surface area contributed by atoms with Crippen molar-refractivity contribution in [2.24, 2.45) is 0 Å². The molecule has 0 spiro atoms. The predicted molar refractivity (Wildman–Crippen MR) is 109 cm³/mol. The smallest absolute Gasteiger partial charge is 0.260 e. The number of carbonyl (C=O) groups is 1. The average Bonchev–Trinajstić information content (AvgIpc) is 2.77. The molecule has 1 aliphatic rings. The zero-order valence-corrected chi connectivity index (χ0v) is 15.9. The van der Waals surface area contributed by atoms with Crippen LogP contribution >= 0.6 is 0 Å². The van der Waals surface area contributed by atoms with E-state index in [1.54, 1.807) is 13.3 Å². The maximum Gasteiger partial charge on any atom is 0.260 e. The highest BCUT2D eigenvalue weighted by molar-refractivity contribution is 5.85. The van der Waals surface area contributed by atoms with E-state index < -0.39 is 0 Å². The number of piperazine rings is 1. The van der Waals surface area contributed by atoms with E-state index in [2.05, 4.69) is 9.88 Å². The standard InChI is InChI=1S/C22H23N3O3/c1-27-19-9-3-2-8-18(19)24-12-14-25(15-13-24)21(26)16-28-20-10-4-6-17-7-5-11-23-22(17)20/h2-11H,12-16H2,1H3. The highest BCUT2D eigenvalue weighted by atomic mass is 16.5. The molecule has 0 saturated carbocycles. The molecule has 1 fully saturated rings. The zero-order valence-electron chi connectivity index (χ0n) is 15.9. The lowest BCUT2D eigenvalue weighted by Crippen LogP contribution is -2.50. The minimum atomic E-state index is -0.00684. The summed E-state index contributed by atoms with van der Waals surface area (Å²) in [5.41, 5.74) is 1.84. The van der Waals surface area contributed by atoms with E-state index in [4.69, 9.17) is 9.47 Å². The van der Waals surface area contributed by atoms with Gasteiger partial charge in [0.1, 0.15) is 17.0 Å². The van der Waals surface area contributed by atoms with E-state index in [-0.39, 0.29) is 12.5 Å². The second-order valence-corrected chi connectivity index (χ2v) is 6.66. The number of para-hydroxylation sites is 3. The SMILES string of the molecule is COc1ccccc1N1CCN(C(=O)COc2cccc3cccnc23)CC1. The van der Waals surface area contributed by atoms with Crippen LogP contribution < -0.4 is 14.4 Å². The number of methoxy groups -OCH3 is 1. The van der Waals surface area contributed by atoms with Crippen LogP contribution in [-0.2, 0) is 4.79 Å². The molecule has 1 amide bonds. The fourth-order valence-corrected chi connectivity index (χ4v) is 3.51. The van der Waals surface area contributed by atoms with Crippen molar-refractivity contribution in [1.82, 2.24) is 9.88 Å². The van der Waals surface area contributed by atoms with Crippen LogP contribution in [0.4, 0.5) is 5.69 Å². The molecule has 2 aromatic carbocycles. The fourth-order valence-electron chi connectivity index (χ4n) is 3.51. The van der Waals surface area contributed by atoms with Gasteiger partial charge < -0.3 is 19.3 Å². The number of hydrogen-bond acceptors (Lipinski definition) is 5. The summed E-state index contributed by atoms with van der Waals surface area (Å²) >= 11 is 0. The minimum Gasteiger partial charge on any atom is -0.495 e. The second kappa shape index (κ2) is 8.17. The molecule has 4 rings (SSSR count). The van der Waals surface area contributed by atoms with Crippen molar-refractivity contribution in [3.63, 3.8) is 0 Å². The molecule has 1 aromatic heterocycles. The summed E-state index contributed by atoms with van der Waals surface area (Å²) in [7, 11) is 1.68. The number of amides is 1. The van der Waals surface area contributed by atoms with Crippen LogP contribution in [0.3, 0.4) is 0 Å². The highest BCUT2D eigenvalue weighted by Crippen LogP contribution is 2.28. The quantitative estimate of drug-likeness (QED) is 0.684. The third kappa shape index (κ3) is 3.71. The molecule has 6 nitrogen and oxygen atoms in total. The molecule has 0 N–H and O–H groups in total. The topological polar surface area (TPSA) is 54.9 Å². The van der Waals surface area contributed by atoms with Crippen LogP contribution in [0.25, 0.3) is 10.9 Å². The Bertz CT molecular complexity index is 963. The number of benzene rings is 2. The van der Waals surface area contributed by atoms with Crippen molar-refractivity contribution >= 4 is 22.5 Å². The van der Waals surface area contributed by atoms with E-state index in [0.29, 0.717) is 18.8 Å². The number of anilines is 1. The number of fused-ring (bicyclic) bond motifs is 1. The predicted octanol–water partition coefficient (Wildman–Crippen LogP) is 2.97. The lowest BCUT2D eigenvalue weighted by Gasteiger charge is -2.36. The van der Waals surface area contributed by atoms with E-state index in [9.17, 15) is 4.79 Å². The lowest BCUT2D eigenvalue weighted by atomic mass is 10.2. The summed E-state index contributed by atoms with van der Waals surface area (Å²) in [6.45, 7) is 2.87. The molecule has 1 aliphatic heterocycles. The number of hydrogen-bond donors (Lipinski definition) is 0. The van der Waals surface area contributed by atoms with Crippen molar-refractivity contribution in [3.8, 4) is 11.5 Å². The first-order chi connectivity index (χ1) is 13.8. The van der Waals surface area contributed by atoms with Gasteiger partial charge in [0.2, 0.25) is 0 Å². The van der Waals surface area contributed by atoms with Crippen LogP contribution in [0.1, 0.15) is 0 Å². The van der Waals surface area contributed by atoms with Crippen molar-refractivity contribution < 1.29 is 14.3 Å². The van der Waals surface area contributed by atoms with Gasteiger partial charge in [0.15, 0.2) is 6.61 Å². The monoisotopic (exact) mass is 377 g/mol. The molecule has 0 radical (unpaired) electrons. The van der Waals surface area contributed by atoms with Gasteiger partial charge in [0, 0.05) is 37.8 Å². The summed E-state index contributed by atoms with van der Waals surface area (Å²) in [4.78, 5) is 21.1. The zero-order chi connectivity index (χ0) is 19.3. The number of pyridine rings is 1. The second-order valence-electron chi connectivity index (χ2n) is 6.66. The van der Waals surface area contributed by atoms with Crippen LogP contribution in [0.5, 0.6) is 11.5 Å². The van der Waals surface area contributed by atoms with E-state index in [1.807, 2.05) is 59.5 Å².